The molecule has 96 valence electrons. The second-order valence-electron chi connectivity index (χ2n) is 5.74. The molecule has 2 unspecified atom stereocenters. The van der Waals surface area contributed by atoms with Gasteiger partial charge in [-0.05, 0) is 18.3 Å². The first-order valence-electron chi connectivity index (χ1n) is 6.56. The normalized spacial score (nSPS) is 31.3. The predicted octanol–water partition coefficient (Wildman–Crippen LogP) is 0.766. The maximum absolute atomic E-state index is 11.5. The lowest BCUT2D eigenvalue weighted by Gasteiger charge is -2.35. The van der Waals surface area contributed by atoms with Gasteiger partial charge in [-0.25, -0.2) is 0 Å². The first-order valence-corrected chi connectivity index (χ1v) is 6.56. The summed E-state index contributed by atoms with van der Waals surface area (Å²) in [5.41, 5.74) is 0. The van der Waals surface area contributed by atoms with Crippen LogP contribution in [0.4, 0.5) is 0 Å². The highest BCUT2D eigenvalue weighted by atomic mass is 16.2. The highest BCUT2D eigenvalue weighted by Crippen LogP contribution is 2.20. The molecule has 0 bridgehead atoms. The van der Waals surface area contributed by atoms with Crippen LogP contribution in [-0.2, 0) is 9.59 Å². The van der Waals surface area contributed by atoms with Crippen molar-refractivity contribution in [3.63, 3.8) is 0 Å². The highest BCUT2D eigenvalue weighted by molar-refractivity contribution is 6.05. The second kappa shape index (κ2) is 5.17. The predicted molar refractivity (Wildman–Crippen MR) is 65.6 cm³/mol. The van der Waals surface area contributed by atoms with Gasteiger partial charge in [-0.2, -0.15) is 0 Å². The average Bonchev–Trinajstić information content (AvgIpc) is 2.53. The van der Waals surface area contributed by atoms with Gasteiger partial charge < -0.3 is 9.80 Å². The molecule has 0 saturated carbocycles. The summed E-state index contributed by atoms with van der Waals surface area (Å²) in [7, 11) is 0. The molecule has 2 rings (SSSR count). The van der Waals surface area contributed by atoms with Crippen molar-refractivity contribution in [3.05, 3.63) is 0 Å². The van der Waals surface area contributed by atoms with Crippen molar-refractivity contribution in [2.45, 2.75) is 26.7 Å². The van der Waals surface area contributed by atoms with Crippen LogP contribution in [0.15, 0.2) is 0 Å². The van der Waals surface area contributed by atoms with E-state index in [0.717, 1.165) is 31.5 Å². The number of piperidine rings is 1. The molecule has 4 nitrogen and oxygen atoms in total. The van der Waals surface area contributed by atoms with Crippen molar-refractivity contribution < 1.29 is 9.59 Å². The quantitative estimate of drug-likeness (QED) is 0.682. The van der Waals surface area contributed by atoms with E-state index in [4.69, 9.17) is 0 Å². The SMILES string of the molecule is CC1CC(C)CN(CCN2CC(=O)CC2=O)C1. The minimum atomic E-state index is 0.00751. The monoisotopic (exact) mass is 238 g/mol. The van der Waals surface area contributed by atoms with E-state index < -0.39 is 0 Å². The topological polar surface area (TPSA) is 40.6 Å². The molecule has 0 aromatic carbocycles. The molecular weight excluding hydrogens is 216 g/mol. The van der Waals surface area contributed by atoms with E-state index in [-0.39, 0.29) is 18.1 Å². The molecule has 2 saturated heterocycles. The van der Waals surface area contributed by atoms with Crippen LogP contribution in [0.3, 0.4) is 0 Å². The standard InChI is InChI=1S/C13H22N2O2/c1-10-5-11(2)8-14(7-10)3-4-15-9-12(16)6-13(15)17/h10-11H,3-9H2,1-2H3. The van der Waals surface area contributed by atoms with Crippen molar-refractivity contribution in [2.24, 2.45) is 11.8 Å². The Bertz CT molecular complexity index is 307. The number of carbonyl (C=O) groups excluding carboxylic acids is 2. The molecule has 2 aliphatic rings. The largest absolute Gasteiger partial charge is 0.334 e. The summed E-state index contributed by atoms with van der Waals surface area (Å²) < 4.78 is 0. The third kappa shape index (κ3) is 3.28. The van der Waals surface area contributed by atoms with E-state index in [0.29, 0.717) is 13.1 Å². The number of hydrogen-bond acceptors (Lipinski definition) is 3. The van der Waals surface area contributed by atoms with Gasteiger partial charge in [0, 0.05) is 26.2 Å². The lowest BCUT2D eigenvalue weighted by Crippen LogP contribution is -2.43. The van der Waals surface area contributed by atoms with Gasteiger partial charge in [0.05, 0.1) is 13.0 Å². The number of amides is 1. The van der Waals surface area contributed by atoms with Crippen LogP contribution in [0.2, 0.25) is 0 Å². The molecule has 2 aliphatic heterocycles. The zero-order chi connectivity index (χ0) is 12.4. The van der Waals surface area contributed by atoms with E-state index in [1.54, 1.807) is 4.90 Å². The fourth-order valence-electron chi connectivity index (χ4n) is 3.08. The maximum Gasteiger partial charge on any atom is 0.230 e. The van der Waals surface area contributed by atoms with Crippen molar-refractivity contribution >= 4 is 11.7 Å². The second-order valence-corrected chi connectivity index (χ2v) is 5.74. The van der Waals surface area contributed by atoms with Crippen molar-refractivity contribution in [1.29, 1.82) is 0 Å². The van der Waals surface area contributed by atoms with Crippen molar-refractivity contribution in [2.75, 3.05) is 32.7 Å². The van der Waals surface area contributed by atoms with Gasteiger partial charge in [0.15, 0.2) is 5.78 Å². The number of ketones is 1. The van der Waals surface area contributed by atoms with Gasteiger partial charge in [0.2, 0.25) is 5.91 Å². The molecule has 0 aromatic rings. The van der Waals surface area contributed by atoms with Crippen LogP contribution in [0, 0.1) is 11.8 Å². The Morgan fingerprint density at radius 3 is 2.29 bits per heavy atom. The Kier molecular flexibility index (Phi) is 3.82. The number of likely N-dealkylation sites (tertiary alicyclic amines) is 2. The minimum absolute atomic E-state index is 0.00751. The zero-order valence-electron chi connectivity index (χ0n) is 10.8. The molecule has 0 radical (unpaired) electrons. The molecule has 0 N–H and O–H groups in total. The Morgan fingerprint density at radius 1 is 1.12 bits per heavy atom. The van der Waals surface area contributed by atoms with Gasteiger partial charge in [-0.3, -0.25) is 9.59 Å². The van der Waals surface area contributed by atoms with E-state index in [1.165, 1.54) is 6.42 Å². The third-order valence-electron chi connectivity index (χ3n) is 3.70. The lowest BCUT2D eigenvalue weighted by molar-refractivity contribution is -0.128. The third-order valence-corrected chi connectivity index (χ3v) is 3.70. The zero-order valence-corrected chi connectivity index (χ0v) is 10.8. The van der Waals surface area contributed by atoms with E-state index in [9.17, 15) is 9.59 Å². The van der Waals surface area contributed by atoms with Gasteiger partial charge in [0.25, 0.3) is 0 Å². The smallest absolute Gasteiger partial charge is 0.230 e. The van der Waals surface area contributed by atoms with Gasteiger partial charge in [-0.1, -0.05) is 13.8 Å². The van der Waals surface area contributed by atoms with Crippen LogP contribution in [0.1, 0.15) is 26.7 Å². The lowest BCUT2D eigenvalue weighted by atomic mass is 9.92. The Balaban J connectivity index is 1.78. The molecular formula is C13H22N2O2. The first-order chi connectivity index (χ1) is 8.04. The van der Waals surface area contributed by atoms with Crippen LogP contribution in [0.5, 0.6) is 0 Å². The van der Waals surface area contributed by atoms with E-state index >= 15 is 0 Å². The number of carbonyl (C=O) groups is 2. The summed E-state index contributed by atoms with van der Waals surface area (Å²) in [4.78, 5) is 26.7. The summed E-state index contributed by atoms with van der Waals surface area (Å²) in [6, 6.07) is 0. The summed E-state index contributed by atoms with van der Waals surface area (Å²) in [5, 5.41) is 0. The number of nitrogens with zero attached hydrogens (tertiary/aromatic N) is 2. The average molecular weight is 238 g/mol. The van der Waals surface area contributed by atoms with Crippen molar-refractivity contribution in [3.8, 4) is 0 Å². The van der Waals surface area contributed by atoms with E-state index in [1.807, 2.05) is 0 Å². The van der Waals surface area contributed by atoms with Crippen LogP contribution >= 0.6 is 0 Å². The summed E-state index contributed by atoms with van der Waals surface area (Å²) in [5.74, 6) is 1.56. The molecule has 2 heterocycles. The fraction of sp³-hybridized carbons (Fsp3) is 0.846. The Labute approximate surface area is 103 Å². The molecule has 0 aromatic heterocycles. The highest BCUT2D eigenvalue weighted by Gasteiger charge is 2.28. The molecule has 2 fully saturated rings. The summed E-state index contributed by atoms with van der Waals surface area (Å²) in [6.07, 6.45) is 1.42. The fourth-order valence-corrected chi connectivity index (χ4v) is 3.08. The van der Waals surface area contributed by atoms with Crippen LogP contribution in [-0.4, -0.2) is 54.2 Å². The molecule has 4 heteroatoms. The van der Waals surface area contributed by atoms with Crippen molar-refractivity contribution in [1.82, 2.24) is 9.80 Å². The maximum atomic E-state index is 11.5. The van der Waals surface area contributed by atoms with Crippen LogP contribution < -0.4 is 0 Å². The van der Waals surface area contributed by atoms with E-state index in [2.05, 4.69) is 18.7 Å². The molecule has 0 spiro atoms. The molecule has 0 aliphatic carbocycles. The van der Waals surface area contributed by atoms with Gasteiger partial charge >= 0.3 is 0 Å². The van der Waals surface area contributed by atoms with Gasteiger partial charge in [0.1, 0.15) is 0 Å². The first kappa shape index (κ1) is 12.6. The molecule has 17 heavy (non-hydrogen) atoms. The Morgan fingerprint density at radius 2 is 1.76 bits per heavy atom. The molecule has 2 atom stereocenters. The van der Waals surface area contributed by atoms with Crippen LogP contribution in [0.25, 0.3) is 0 Å². The minimum Gasteiger partial charge on any atom is -0.334 e. The van der Waals surface area contributed by atoms with Gasteiger partial charge in [-0.15, -0.1) is 0 Å². The Hall–Kier alpha value is -0.900. The number of Topliss-reactive ketones (excluding diaryl/α,β-unsaturated/α-hetero) is 1. The summed E-state index contributed by atoms with van der Waals surface area (Å²) in [6.45, 7) is 8.77. The molecule has 1 amide bonds. The summed E-state index contributed by atoms with van der Waals surface area (Å²) >= 11 is 0. The number of hydrogen-bond donors (Lipinski definition) is 0. The number of rotatable bonds is 3.